The van der Waals surface area contributed by atoms with Crippen molar-refractivity contribution in [3.05, 3.63) is 22.4 Å². The third kappa shape index (κ3) is 3.58. The Balaban J connectivity index is 1.91. The number of nitrogens with one attached hydrogen (secondary N) is 2. The van der Waals surface area contributed by atoms with Crippen molar-refractivity contribution in [2.45, 2.75) is 18.9 Å². The summed E-state index contributed by atoms with van der Waals surface area (Å²) >= 11 is 1.54. The Morgan fingerprint density at radius 1 is 1.60 bits per heavy atom. The fourth-order valence-corrected chi connectivity index (χ4v) is 3.28. The maximum absolute atomic E-state index is 12.5. The summed E-state index contributed by atoms with van der Waals surface area (Å²) in [6.45, 7) is 2.32. The fourth-order valence-electron chi connectivity index (χ4n) is 2.58. The number of piperidine rings is 1. The van der Waals surface area contributed by atoms with Gasteiger partial charge in [0.2, 0.25) is 5.91 Å². The highest BCUT2D eigenvalue weighted by Gasteiger charge is 2.39. The van der Waals surface area contributed by atoms with Crippen molar-refractivity contribution in [1.82, 2.24) is 10.6 Å². The van der Waals surface area contributed by atoms with Gasteiger partial charge in [0.1, 0.15) is 0 Å². The number of thiophene rings is 1. The van der Waals surface area contributed by atoms with Gasteiger partial charge in [-0.3, -0.25) is 4.79 Å². The Morgan fingerprint density at radius 2 is 2.35 bits per heavy atom. The maximum atomic E-state index is 12.5. The van der Waals surface area contributed by atoms with E-state index < -0.39 is 11.5 Å². The number of carbonyl (C=O) groups excluding carboxylic acids is 1. The van der Waals surface area contributed by atoms with Crippen LogP contribution in [0, 0.1) is 5.41 Å². The number of rotatable bonds is 6. The Kier molecular flexibility index (Phi) is 5.54. The molecule has 1 atom stereocenters. The molecule has 1 aliphatic rings. The number of carbonyl (C=O) groups is 1. The van der Waals surface area contributed by atoms with Gasteiger partial charge in [0.05, 0.1) is 18.1 Å². The molecule has 1 saturated heterocycles. The van der Waals surface area contributed by atoms with Crippen LogP contribution in [0.15, 0.2) is 16.8 Å². The van der Waals surface area contributed by atoms with Gasteiger partial charge in [-0.25, -0.2) is 0 Å². The summed E-state index contributed by atoms with van der Waals surface area (Å²) in [6.07, 6.45) is 0.883. The minimum absolute atomic E-state index is 0.0184. The number of hydrogen-bond acceptors (Lipinski definition) is 5. The SMILES string of the molecule is COCC1(C(=O)NCC(O)c2ccsc2)CCNCC1. The van der Waals surface area contributed by atoms with Crippen LogP contribution in [0.5, 0.6) is 0 Å². The van der Waals surface area contributed by atoms with E-state index in [9.17, 15) is 9.90 Å². The third-order valence-corrected chi connectivity index (χ3v) is 4.55. The van der Waals surface area contributed by atoms with E-state index in [-0.39, 0.29) is 12.5 Å². The van der Waals surface area contributed by atoms with Crippen molar-refractivity contribution < 1.29 is 14.6 Å². The highest BCUT2D eigenvalue weighted by atomic mass is 32.1. The lowest BCUT2D eigenvalue weighted by molar-refractivity contribution is -0.136. The summed E-state index contributed by atoms with van der Waals surface area (Å²) in [4.78, 5) is 12.5. The molecule has 1 aromatic rings. The number of aliphatic hydroxyl groups is 1. The second kappa shape index (κ2) is 7.17. The molecule has 0 aliphatic carbocycles. The van der Waals surface area contributed by atoms with Gasteiger partial charge in [-0.15, -0.1) is 0 Å². The highest BCUT2D eigenvalue weighted by Crippen LogP contribution is 2.29. The number of amides is 1. The second-order valence-electron chi connectivity index (χ2n) is 5.25. The largest absolute Gasteiger partial charge is 0.387 e. The topological polar surface area (TPSA) is 70.6 Å². The normalized spacial score (nSPS) is 19.5. The van der Waals surface area contributed by atoms with Gasteiger partial charge in [0.25, 0.3) is 0 Å². The van der Waals surface area contributed by atoms with Crippen LogP contribution in [0.25, 0.3) is 0 Å². The molecule has 1 aliphatic heterocycles. The molecule has 0 aromatic carbocycles. The van der Waals surface area contributed by atoms with Gasteiger partial charge in [-0.05, 0) is 48.3 Å². The van der Waals surface area contributed by atoms with E-state index in [0.717, 1.165) is 31.5 Å². The van der Waals surface area contributed by atoms with Crippen LogP contribution in [0.1, 0.15) is 24.5 Å². The summed E-state index contributed by atoms with van der Waals surface area (Å²) in [5.74, 6) is -0.0184. The predicted molar refractivity (Wildman–Crippen MR) is 78.7 cm³/mol. The molecule has 0 radical (unpaired) electrons. The average molecular weight is 298 g/mol. The molecule has 1 unspecified atom stereocenters. The van der Waals surface area contributed by atoms with E-state index in [1.54, 1.807) is 7.11 Å². The van der Waals surface area contributed by atoms with Crippen LogP contribution in [-0.2, 0) is 9.53 Å². The number of methoxy groups -OCH3 is 1. The molecule has 6 heteroatoms. The predicted octanol–water partition coefficient (Wildman–Crippen LogP) is 0.914. The summed E-state index contributed by atoms with van der Waals surface area (Å²) in [7, 11) is 1.62. The molecule has 0 bridgehead atoms. The summed E-state index contributed by atoms with van der Waals surface area (Å²) in [5.41, 5.74) is 0.385. The van der Waals surface area contributed by atoms with Crippen molar-refractivity contribution in [2.75, 3.05) is 33.4 Å². The van der Waals surface area contributed by atoms with E-state index in [1.165, 1.54) is 11.3 Å². The minimum Gasteiger partial charge on any atom is -0.387 e. The van der Waals surface area contributed by atoms with Gasteiger partial charge in [0, 0.05) is 13.7 Å². The molecule has 3 N–H and O–H groups in total. The fraction of sp³-hybridized carbons (Fsp3) is 0.643. The van der Waals surface area contributed by atoms with Crippen LogP contribution < -0.4 is 10.6 Å². The van der Waals surface area contributed by atoms with E-state index in [1.807, 2.05) is 16.8 Å². The van der Waals surface area contributed by atoms with Crippen LogP contribution in [0.3, 0.4) is 0 Å². The number of hydrogen-bond donors (Lipinski definition) is 3. The lowest BCUT2D eigenvalue weighted by Crippen LogP contribution is -2.50. The van der Waals surface area contributed by atoms with Gasteiger partial charge < -0.3 is 20.5 Å². The maximum Gasteiger partial charge on any atom is 0.228 e. The van der Waals surface area contributed by atoms with Gasteiger partial charge in [-0.2, -0.15) is 11.3 Å². The van der Waals surface area contributed by atoms with E-state index >= 15 is 0 Å². The first-order chi connectivity index (χ1) is 9.68. The summed E-state index contributed by atoms with van der Waals surface area (Å²) in [5, 5.41) is 20.0. The van der Waals surface area contributed by atoms with Crippen LogP contribution in [0.2, 0.25) is 0 Å². The van der Waals surface area contributed by atoms with E-state index in [0.29, 0.717) is 6.61 Å². The minimum atomic E-state index is -0.647. The standard InChI is InChI=1S/C14H22N2O3S/c1-19-10-14(3-5-15-6-4-14)13(18)16-8-12(17)11-2-7-20-9-11/h2,7,9,12,15,17H,3-6,8,10H2,1H3,(H,16,18). The van der Waals surface area contributed by atoms with Gasteiger partial charge >= 0.3 is 0 Å². The Hall–Kier alpha value is -0.950. The zero-order valence-corrected chi connectivity index (χ0v) is 12.5. The summed E-state index contributed by atoms with van der Waals surface area (Å²) < 4.78 is 5.24. The quantitative estimate of drug-likeness (QED) is 0.730. The zero-order valence-electron chi connectivity index (χ0n) is 11.7. The Labute approximate surface area is 123 Å². The molecule has 0 spiro atoms. The third-order valence-electron chi connectivity index (χ3n) is 3.85. The molecule has 0 saturated carbocycles. The van der Waals surface area contributed by atoms with Gasteiger partial charge in [-0.1, -0.05) is 0 Å². The summed E-state index contributed by atoms with van der Waals surface area (Å²) in [6, 6.07) is 1.87. The molecule has 2 rings (SSSR count). The van der Waals surface area contributed by atoms with Crippen LogP contribution in [-0.4, -0.2) is 44.4 Å². The van der Waals surface area contributed by atoms with E-state index in [2.05, 4.69) is 10.6 Å². The lowest BCUT2D eigenvalue weighted by Gasteiger charge is -2.35. The molecule has 1 aromatic heterocycles. The molecule has 1 fully saturated rings. The Morgan fingerprint density at radius 3 is 2.95 bits per heavy atom. The first-order valence-electron chi connectivity index (χ1n) is 6.86. The molecule has 20 heavy (non-hydrogen) atoms. The lowest BCUT2D eigenvalue weighted by atomic mass is 9.78. The molecule has 5 nitrogen and oxygen atoms in total. The second-order valence-corrected chi connectivity index (χ2v) is 6.03. The smallest absolute Gasteiger partial charge is 0.228 e. The zero-order chi connectivity index (χ0) is 14.4. The molecule has 112 valence electrons. The number of ether oxygens (including phenoxy) is 1. The van der Waals surface area contributed by atoms with Crippen molar-refractivity contribution in [3.63, 3.8) is 0 Å². The molecule has 1 amide bonds. The van der Waals surface area contributed by atoms with Crippen molar-refractivity contribution >= 4 is 17.2 Å². The first kappa shape index (κ1) is 15.4. The monoisotopic (exact) mass is 298 g/mol. The number of aliphatic hydroxyl groups excluding tert-OH is 1. The average Bonchev–Trinajstić information content (AvgIpc) is 3.00. The molecular formula is C14H22N2O3S. The van der Waals surface area contributed by atoms with Crippen molar-refractivity contribution in [1.29, 1.82) is 0 Å². The van der Waals surface area contributed by atoms with Gasteiger partial charge in [0.15, 0.2) is 0 Å². The van der Waals surface area contributed by atoms with Crippen molar-refractivity contribution in [3.8, 4) is 0 Å². The first-order valence-corrected chi connectivity index (χ1v) is 7.80. The van der Waals surface area contributed by atoms with E-state index in [4.69, 9.17) is 4.74 Å². The highest BCUT2D eigenvalue weighted by molar-refractivity contribution is 7.07. The molecular weight excluding hydrogens is 276 g/mol. The van der Waals surface area contributed by atoms with Crippen LogP contribution >= 0.6 is 11.3 Å². The molecule has 2 heterocycles. The Bertz CT molecular complexity index is 411. The van der Waals surface area contributed by atoms with Crippen LogP contribution in [0.4, 0.5) is 0 Å². The van der Waals surface area contributed by atoms with Crippen molar-refractivity contribution in [2.24, 2.45) is 5.41 Å².